The lowest BCUT2D eigenvalue weighted by Gasteiger charge is -2.28. The first-order chi connectivity index (χ1) is 15.6. The molecule has 1 aromatic heterocycles. The van der Waals surface area contributed by atoms with E-state index in [-0.39, 0.29) is 12.0 Å². The first-order valence-electron chi connectivity index (χ1n) is 11.5. The molecule has 0 atom stereocenters. The minimum absolute atomic E-state index is 0.156. The standard InChI is InChI=1S/C25H29N3O2.C2H6/c1-4-30-23(29)16-11-17-28(19(2)3)22-18-26-24(20-12-7-5-8-13-20)25(27-22)21-14-9-6-10-15-21;1-2/h5-10,12-15,18-19H,4,11,16-17H2,1-3H3;1-2H3. The van der Waals surface area contributed by atoms with Crippen LogP contribution in [0.2, 0.25) is 0 Å². The minimum Gasteiger partial charge on any atom is -0.466 e. The van der Waals surface area contributed by atoms with Crippen molar-refractivity contribution in [2.75, 3.05) is 18.1 Å². The average Bonchev–Trinajstić information content (AvgIpc) is 2.84. The van der Waals surface area contributed by atoms with Crippen molar-refractivity contribution in [1.29, 1.82) is 0 Å². The third kappa shape index (κ3) is 6.91. The van der Waals surface area contributed by atoms with Crippen molar-refractivity contribution in [1.82, 2.24) is 9.97 Å². The lowest BCUT2D eigenvalue weighted by Crippen LogP contribution is -2.33. The third-order valence-corrected chi connectivity index (χ3v) is 4.86. The van der Waals surface area contributed by atoms with Crippen LogP contribution >= 0.6 is 0 Å². The number of hydrogen-bond acceptors (Lipinski definition) is 5. The smallest absolute Gasteiger partial charge is 0.305 e. The lowest BCUT2D eigenvalue weighted by atomic mass is 10.0. The predicted molar refractivity (Wildman–Crippen MR) is 133 cm³/mol. The van der Waals surface area contributed by atoms with Gasteiger partial charge in [0, 0.05) is 30.1 Å². The Morgan fingerprint density at radius 1 is 0.938 bits per heavy atom. The molecule has 2 aromatic carbocycles. The lowest BCUT2D eigenvalue weighted by molar-refractivity contribution is -0.143. The molecule has 0 saturated heterocycles. The van der Waals surface area contributed by atoms with Crippen LogP contribution < -0.4 is 4.90 Å². The normalized spacial score (nSPS) is 10.3. The number of rotatable bonds is 9. The van der Waals surface area contributed by atoms with Gasteiger partial charge in [0.15, 0.2) is 0 Å². The molecule has 0 N–H and O–H groups in total. The fraction of sp³-hybridized carbons (Fsp3) is 0.370. The summed E-state index contributed by atoms with van der Waals surface area (Å²) in [7, 11) is 0. The summed E-state index contributed by atoms with van der Waals surface area (Å²) >= 11 is 0. The summed E-state index contributed by atoms with van der Waals surface area (Å²) in [4.78, 5) is 23.7. The van der Waals surface area contributed by atoms with E-state index in [0.29, 0.717) is 26.0 Å². The number of benzene rings is 2. The van der Waals surface area contributed by atoms with E-state index in [9.17, 15) is 4.79 Å². The molecule has 0 saturated carbocycles. The summed E-state index contributed by atoms with van der Waals surface area (Å²) in [6, 6.07) is 20.5. The number of nitrogens with zero attached hydrogens (tertiary/aromatic N) is 3. The van der Waals surface area contributed by atoms with Crippen molar-refractivity contribution in [2.45, 2.75) is 53.5 Å². The highest BCUT2D eigenvalue weighted by atomic mass is 16.5. The van der Waals surface area contributed by atoms with Crippen molar-refractivity contribution in [3.8, 4) is 22.5 Å². The molecule has 170 valence electrons. The highest BCUT2D eigenvalue weighted by Gasteiger charge is 2.18. The molecule has 32 heavy (non-hydrogen) atoms. The number of carbonyl (C=O) groups is 1. The molecule has 0 bridgehead atoms. The van der Waals surface area contributed by atoms with E-state index in [2.05, 4.69) is 43.0 Å². The van der Waals surface area contributed by atoms with Crippen LogP contribution in [0.25, 0.3) is 22.5 Å². The second kappa shape index (κ2) is 13.3. The van der Waals surface area contributed by atoms with Gasteiger partial charge in [0.2, 0.25) is 0 Å². The van der Waals surface area contributed by atoms with Gasteiger partial charge in [0.05, 0.1) is 24.2 Å². The Morgan fingerprint density at radius 2 is 1.50 bits per heavy atom. The fourth-order valence-electron chi connectivity index (χ4n) is 3.39. The molecule has 3 rings (SSSR count). The van der Waals surface area contributed by atoms with Crippen LogP contribution in [0.5, 0.6) is 0 Å². The van der Waals surface area contributed by atoms with Gasteiger partial charge in [-0.15, -0.1) is 0 Å². The molecular formula is C27H35N3O2. The number of hydrogen-bond donors (Lipinski definition) is 0. The molecular weight excluding hydrogens is 398 g/mol. The quantitative estimate of drug-likeness (QED) is 0.366. The Labute approximate surface area is 192 Å². The van der Waals surface area contributed by atoms with Gasteiger partial charge in [0.25, 0.3) is 0 Å². The van der Waals surface area contributed by atoms with Gasteiger partial charge in [-0.25, -0.2) is 4.98 Å². The van der Waals surface area contributed by atoms with Crippen LogP contribution in [0.15, 0.2) is 66.9 Å². The Morgan fingerprint density at radius 3 is 2.03 bits per heavy atom. The molecule has 0 aliphatic carbocycles. The zero-order chi connectivity index (χ0) is 23.3. The number of anilines is 1. The van der Waals surface area contributed by atoms with Gasteiger partial charge in [0.1, 0.15) is 5.82 Å². The second-order valence-corrected chi connectivity index (χ2v) is 7.35. The van der Waals surface area contributed by atoms with Gasteiger partial charge >= 0.3 is 5.97 Å². The topological polar surface area (TPSA) is 55.3 Å². The van der Waals surface area contributed by atoms with E-state index in [0.717, 1.165) is 28.3 Å². The first-order valence-corrected chi connectivity index (χ1v) is 11.5. The highest BCUT2D eigenvalue weighted by Crippen LogP contribution is 2.30. The molecule has 0 spiro atoms. The summed E-state index contributed by atoms with van der Waals surface area (Å²) in [5.74, 6) is 0.657. The Hall–Kier alpha value is -3.21. The van der Waals surface area contributed by atoms with E-state index >= 15 is 0 Å². The highest BCUT2D eigenvalue weighted by molar-refractivity contribution is 5.78. The molecule has 0 aliphatic rings. The maximum absolute atomic E-state index is 11.7. The fourth-order valence-corrected chi connectivity index (χ4v) is 3.39. The van der Waals surface area contributed by atoms with Crippen LogP contribution in [-0.2, 0) is 9.53 Å². The maximum Gasteiger partial charge on any atom is 0.305 e. The van der Waals surface area contributed by atoms with E-state index in [1.165, 1.54) is 0 Å². The Kier molecular flexibility index (Phi) is 10.4. The van der Waals surface area contributed by atoms with Crippen LogP contribution in [-0.4, -0.2) is 35.1 Å². The second-order valence-electron chi connectivity index (χ2n) is 7.35. The monoisotopic (exact) mass is 433 g/mol. The van der Waals surface area contributed by atoms with Crippen molar-refractivity contribution in [3.63, 3.8) is 0 Å². The molecule has 5 nitrogen and oxygen atoms in total. The van der Waals surface area contributed by atoms with Crippen LogP contribution in [0.4, 0.5) is 5.82 Å². The van der Waals surface area contributed by atoms with Gasteiger partial charge in [-0.05, 0) is 27.2 Å². The minimum atomic E-state index is -0.156. The van der Waals surface area contributed by atoms with Gasteiger partial charge in [-0.1, -0.05) is 74.5 Å². The summed E-state index contributed by atoms with van der Waals surface area (Å²) in [5, 5.41) is 0. The van der Waals surface area contributed by atoms with E-state index in [4.69, 9.17) is 14.7 Å². The number of carbonyl (C=O) groups excluding carboxylic acids is 1. The van der Waals surface area contributed by atoms with Crippen LogP contribution in [0, 0.1) is 0 Å². The Balaban J connectivity index is 0.00000176. The molecule has 0 aliphatic heterocycles. The summed E-state index contributed by atoms with van der Waals surface area (Å²) in [6.45, 7) is 11.2. The molecule has 5 heteroatoms. The van der Waals surface area contributed by atoms with Crippen LogP contribution in [0.3, 0.4) is 0 Å². The number of esters is 1. The first kappa shape index (κ1) is 25.1. The zero-order valence-corrected chi connectivity index (χ0v) is 19.9. The predicted octanol–water partition coefficient (Wildman–Crippen LogP) is 6.39. The molecule has 0 fully saturated rings. The largest absolute Gasteiger partial charge is 0.466 e. The Bertz CT molecular complexity index is 944. The SMILES string of the molecule is CC.CCOC(=O)CCCN(c1cnc(-c2ccccc2)c(-c2ccccc2)n1)C(C)C. The summed E-state index contributed by atoms with van der Waals surface area (Å²) < 4.78 is 5.05. The van der Waals surface area contributed by atoms with Gasteiger partial charge < -0.3 is 9.64 Å². The van der Waals surface area contributed by atoms with Crippen molar-refractivity contribution in [3.05, 3.63) is 66.9 Å². The van der Waals surface area contributed by atoms with E-state index in [1.807, 2.05) is 63.4 Å². The number of ether oxygens (including phenoxy) is 1. The summed E-state index contributed by atoms with van der Waals surface area (Å²) in [5.41, 5.74) is 3.78. The van der Waals surface area contributed by atoms with E-state index < -0.39 is 0 Å². The third-order valence-electron chi connectivity index (χ3n) is 4.86. The molecule has 0 radical (unpaired) electrons. The van der Waals surface area contributed by atoms with Crippen molar-refractivity contribution in [2.24, 2.45) is 0 Å². The van der Waals surface area contributed by atoms with Gasteiger partial charge in [-0.2, -0.15) is 0 Å². The summed E-state index contributed by atoms with van der Waals surface area (Å²) in [6.07, 6.45) is 2.94. The zero-order valence-electron chi connectivity index (χ0n) is 19.9. The maximum atomic E-state index is 11.7. The molecule has 3 aromatic rings. The molecule has 0 amide bonds. The van der Waals surface area contributed by atoms with Crippen LogP contribution in [0.1, 0.15) is 47.5 Å². The van der Waals surface area contributed by atoms with E-state index in [1.54, 1.807) is 0 Å². The average molecular weight is 434 g/mol. The van der Waals surface area contributed by atoms with Gasteiger partial charge in [-0.3, -0.25) is 9.78 Å². The molecule has 1 heterocycles. The van der Waals surface area contributed by atoms with Crippen molar-refractivity contribution < 1.29 is 9.53 Å². The number of aromatic nitrogens is 2. The van der Waals surface area contributed by atoms with Crippen molar-refractivity contribution >= 4 is 11.8 Å². The molecule has 0 unspecified atom stereocenters.